The highest BCUT2D eigenvalue weighted by atomic mass is 35.5. The fraction of sp³-hybridized carbons (Fsp3) is 0.125. The lowest BCUT2D eigenvalue weighted by molar-refractivity contribution is -0.00000339. The Morgan fingerprint density at radius 2 is 1.92 bits per heavy atom. The molecule has 3 N–H and O–H groups in total. The number of hydrogen-bond acceptors (Lipinski definition) is 2. The first kappa shape index (κ1) is 12.3. The van der Waals surface area contributed by atoms with Crippen LogP contribution in [0.1, 0.15) is 5.56 Å². The van der Waals surface area contributed by atoms with E-state index in [1.54, 1.807) is 12.1 Å². The van der Waals surface area contributed by atoms with E-state index in [1.807, 2.05) is 0 Å². The summed E-state index contributed by atoms with van der Waals surface area (Å²) in [5.41, 5.74) is 6.11. The monoisotopic (exact) mass is 219 g/mol. The van der Waals surface area contributed by atoms with Gasteiger partial charge in [0.1, 0.15) is 5.82 Å². The molecule has 0 heterocycles. The molecular weight excluding hydrogens is 211 g/mol. The predicted molar refractivity (Wildman–Crippen MR) is 49.6 cm³/mol. The van der Waals surface area contributed by atoms with Crippen molar-refractivity contribution in [1.29, 1.82) is 5.41 Å². The molecule has 0 saturated carbocycles. The van der Waals surface area contributed by atoms with E-state index in [-0.39, 0.29) is 23.4 Å². The first-order valence-electron chi connectivity index (χ1n) is 3.40. The summed E-state index contributed by atoms with van der Waals surface area (Å²) in [7, 11) is 0. The van der Waals surface area contributed by atoms with Gasteiger partial charge >= 0.3 is 0 Å². The largest absolute Gasteiger partial charge is 1.00 e. The quantitative estimate of drug-likeness (QED) is 0.493. The third kappa shape index (κ3) is 4.75. The molecule has 0 aliphatic heterocycles. The van der Waals surface area contributed by atoms with Crippen LogP contribution in [0.25, 0.3) is 0 Å². The molecule has 2 nitrogen and oxygen atoms in total. The zero-order valence-electron chi connectivity index (χ0n) is 6.76. The second-order valence-corrected chi connectivity index (χ2v) is 3.30. The van der Waals surface area contributed by atoms with Gasteiger partial charge in [-0.15, -0.1) is 0 Å². The summed E-state index contributed by atoms with van der Waals surface area (Å²) >= 11 is 1.23. The van der Waals surface area contributed by atoms with E-state index < -0.39 is 0 Å². The van der Waals surface area contributed by atoms with Crippen LogP contribution in [0.3, 0.4) is 0 Å². The van der Waals surface area contributed by atoms with E-state index in [9.17, 15) is 4.39 Å². The van der Waals surface area contributed by atoms with Gasteiger partial charge in [-0.25, -0.2) is 4.39 Å². The number of benzene rings is 1. The number of thioether (sulfide) groups is 1. The highest BCUT2D eigenvalue weighted by Crippen LogP contribution is 2.11. The second kappa shape index (κ2) is 5.83. The van der Waals surface area contributed by atoms with Gasteiger partial charge in [-0.1, -0.05) is 23.9 Å². The van der Waals surface area contributed by atoms with Crippen LogP contribution in [0.2, 0.25) is 0 Å². The maximum atomic E-state index is 12.4. The molecule has 0 aliphatic rings. The smallest absolute Gasteiger partial charge is 0.151 e. The first-order chi connectivity index (χ1) is 5.68. The molecule has 0 bridgehead atoms. The van der Waals surface area contributed by atoms with Crippen molar-refractivity contribution in [3.05, 3.63) is 35.6 Å². The Morgan fingerprint density at radius 1 is 1.38 bits per heavy atom. The fourth-order valence-electron chi connectivity index (χ4n) is 0.742. The molecule has 5 heteroatoms. The molecule has 0 atom stereocenters. The number of nitrogens with two attached hydrogens (primary N) is 1. The summed E-state index contributed by atoms with van der Waals surface area (Å²) in [6.45, 7) is 0. The number of halogens is 2. The van der Waals surface area contributed by atoms with Crippen molar-refractivity contribution in [3.63, 3.8) is 0 Å². The van der Waals surface area contributed by atoms with Crippen molar-refractivity contribution in [2.75, 3.05) is 0 Å². The van der Waals surface area contributed by atoms with Gasteiger partial charge in [0.2, 0.25) is 0 Å². The van der Waals surface area contributed by atoms with Crippen LogP contribution in [0, 0.1) is 11.2 Å². The number of rotatable bonds is 2. The van der Waals surface area contributed by atoms with Gasteiger partial charge in [0.15, 0.2) is 5.17 Å². The van der Waals surface area contributed by atoms with Crippen LogP contribution in [-0.4, -0.2) is 5.17 Å². The third-order valence-electron chi connectivity index (χ3n) is 1.31. The molecule has 0 saturated heterocycles. The molecule has 72 valence electrons. The first-order valence-corrected chi connectivity index (χ1v) is 4.38. The average Bonchev–Trinajstić information content (AvgIpc) is 2.03. The molecule has 0 aliphatic carbocycles. The summed E-state index contributed by atoms with van der Waals surface area (Å²) in [4.78, 5) is 0. The minimum Gasteiger partial charge on any atom is -1.00 e. The Morgan fingerprint density at radius 3 is 2.38 bits per heavy atom. The van der Waals surface area contributed by atoms with Crippen LogP contribution in [0.4, 0.5) is 4.39 Å². The molecule has 0 fully saturated rings. The molecule has 13 heavy (non-hydrogen) atoms. The van der Waals surface area contributed by atoms with E-state index in [1.165, 1.54) is 23.9 Å². The van der Waals surface area contributed by atoms with Gasteiger partial charge < -0.3 is 18.1 Å². The van der Waals surface area contributed by atoms with Crippen molar-refractivity contribution in [2.45, 2.75) is 5.75 Å². The molecule has 0 radical (unpaired) electrons. The molecule has 0 amide bonds. The Balaban J connectivity index is 0.00000144. The van der Waals surface area contributed by atoms with E-state index in [2.05, 4.69) is 0 Å². The summed E-state index contributed by atoms with van der Waals surface area (Å²) in [6.07, 6.45) is 0. The summed E-state index contributed by atoms with van der Waals surface area (Å²) in [5.74, 6) is 0.377. The number of hydrogen-bond donors (Lipinski definition) is 2. The highest BCUT2D eigenvalue weighted by Gasteiger charge is 1.95. The molecule has 1 aromatic carbocycles. The number of nitrogens with one attached hydrogen (secondary N) is 1. The van der Waals surface area contributed by atoms with Crippen molar-refractivity contribution in [2.24, 2.45) is 5.73 Å². The van der Waals surface area contributed by atoms with Crippen molar-refractivity contribution < 1.29 is 16.8 Å². The van der Waals surface area contributed by atoms with Gasteiger partial charge in [-0.05, 0) is 17.7 Å². The lowest BCUT2D eigenvalue weighted by atomic mass is 10.2. The van der Waals surface area contributed by atoms with Crippen LogP contribution in [0.15, 0.2) is 24.3 Å². The average molecular weight is 220 g/mol. The summed E-state index contributed by atoms with van der Waals surface area (Å²) in [5, 5.41) is 7.04. The zero-order chi connectivity index (χ0) is 8.97. The highest BCUT2D eigenvalue weighted by molar-refractivity contribution is 8.13. The van der Waals surface area contributed by atoms with Crippen LogP contribution >= 0.6 is 11.8 Å². The van der Waals surface area contributed by atoms with Crippen LogP contribution in [0.5, 0.6) is 0 Å². The Bertz CT molecular complexity index is 276. The van der Waals surface area contributed by atoms with Crippen LogP contribution < -0.4 is 18.1 Å². The molecule has 0 aromatic heterocycles. The van der Waals surface area contributed by atoms with Gasteiger partial charge in [0.25, 0.3) is 0 Å². The maximum Gasteiger partial charge on any atom is 0.151 e. The molecule has 1 aromatic rings. The van der Waals surface area contributed by atoms with Gasteiger partial charge in [0.05, 0.1) is 0 Å². The van der Waals surface area contributed by atoms with Crippen LogP contribution in [-0.2, 0) is 5.75 Å². The normalized spacial score (nSPS) is 9.00. The maximum absolute atomic E-state index is 12.4. The van der Waals surface area contributed by atoms with E-state index >= 15 is 0 Å². The minimum absolute atomic E-state index is 0. The molecule has 1 rings (SSSR count). The fourth-order valence-corrected chi connectivity index (χ4v) is 1.26. The zero-order valence-corrected chi connectivity index (χ0v) is 8.33. The molecule has 0 spiro atoms. The number of amidine groups is 1. The minimum atomic E-state index is -0.244. The Kier molecular flexibility index (Phi) is 5.50. The standard InChI is InChI=1S/C8H9FN2S.ClH/c9-7-3-1-6(2-4-7)5-12-8(10)11;/h1-4H,5H2,(H3,10,11);1H/p-1. The van der Waals surface area contributed by atoms with Crippen molar-refractivity contribution in [3.8, 4) is 0 Å². The SMILES string of the molecule is N=C(N)SCc1ccc(F)cc1.[Cl-]. The second-order valence-electron chi connectivity index (χ2n) is 2.28. The van der Waals surface area contributed by atoms with E-state index in [4.69, 9.17) is 11.1 Å². The Hall–Kier alpha value is -0.740. The summed E-state index contributed by atoms with van der Waals surface area (Å²) in [6, 6.07) is 6.17. The van der Waals surface area contributed by atoms with Crippen molar-refractivity contribution in [1.82, 2.24) is 0 Å². The molecular formula is C8H9ClFN2S-. The molecule has 0 unspecified atom stereocenters. The lowest BCUT2D eigenvalue weighted by Gasteiger charge is -1.98. The van der Waals surface area contributed by atoms with Gasteiger partial charge in [-0.3, -0.25) is 5.41 Å². The van der Waals surface area contributed by atoms with E-state index in [0.717, 1.165) is 5.56 Å². The van der Waals surface area contributed by atoms with Gasteiger partial charge in [0, 0.05) is 5.75 Å². The summed E-state index contributed by atoms with van der Waals surface area (Å²) < 4.78 is 12.4. The third-order valence-corrected chi connectivity index (χ3v) is 2.10. The van der Waals surface area contributed by atoms with Gasteiger partial charge in [-0.2, -0.15) is 0 Å². The Labute approximate surface area is 86.6 Å². The van der Waals surface area contributed by atoms with E-state index in [0.29, 0.717) is 5.75 Å². The lowest BCUT2D eigenvalue weighted by Crippen LogP contribution is -3.00. The predicted octanol–water partition coefficient (Wildman–Crippen LogP) is -1.04. The topological polar surface area (TPSA) is 49.9 Å². The van der Waals surface area contributed by atoms with Crippen molar-refractivity contribution >= 4 is 16.9 Å².